The molecular weight excluding hydrogens is 565 g/mol. The molecule has 43 heavy (non-hydrogen) atoms. The molecule has 0 bridgehead atoms. The van der Waals surface area contributed by atoms with Crippen LogP contribution in [0.5, 0.6) is 0 Å². The highest BCUT2D eigenvalue weighted by atomic mass is 19.2. The summed E-state index contributed by atoms with van der Waals surface area (Å²) in [6.07, 6.45) is 2.50. The van der Waals surface area contributed by atoms with E-state index in [2.05, 4.69) is 25.6 Å². The maximum Gasteiger partial charge on any atom is 0.230 e. The van der Waals surface area contributed by atoms with Gasteiger partial charge in [-0.05, 0) is 62.2 Å². The van der Waals surface area contributed by atoms with E-state index in [1.54, 1.807) is 25.1 Å². The lowest BCUT2D eigenvalue weighted by Crippen LogP contribution is -2.49. The third kappa shape index (κ3) is 6.38. The Morgan fingerprint density at radius 1 is 1.02 bits per heavy atom. The van der Waals surface area contributed by atoms with Crippen molar-refractivity contribution in [2.24, 2.45) is 5.41 Å². The molecule has 4 aromatic rings. The van der Waals surface area contributed by atoms with Crippen LogP contribution < -0.4 is 10.6 Å². The fourth-order valence-electron chi connectivity index (χ4n) is 4.89. The zero-order valence-corrected chi connectivity index (χ0v) is 23.2. The maximum absolute atomic E-state index is 13.7. The van der Waals surface area contributed by atoms with Crippen LogP contribution in [0.2, 0.25) is 0 Å². The second-order valence-corrected chi connectivity index (χ2v) is 10.7. The van der Waals surface area contributed by atoms with Crippen LogP contribution in [0.3, 0.4) is 0 Å². The molecule has 3 N–H and O–H groups in total. The van der Waals surface area contributed by atoms with E-state index in [-0.39, 0.29) is 36.9 Å². The first-order valence-electron chi connectivity index (χ1n) is 13.8. The Morgan fingerprint density at radius 2 is 1.81 bits per heavy atom. The number of imidazole rings is 1. The number of hydrogen-bond donors (Lipinski definition) is 3. The van der Waals surface area contributed by atoms with E-state index in [0.29, 0.717) is 41.6 Å². The highest BCUT2D eigenvalue weighted by Gasteiger charge is 2.41. The number of nitrogens with one attached hydrogen (secondary N) is 3. The third-order valence-corrected chi connectivity index (χ3v) is 7.32. The van der Waals surface area contributed by atoms with Crippen molar-refractivity contribution >= 4 is 17.5 Å². The third-order valence-electron chi connectivity index (χ3n) is 7.32. The normalized spacial score (nSPS) is 22.0. The molecule has 1 atom stereocenters. The van der Waals surface area contributed by atoms with Gasteiger partial charge in [0.25, 0.3) is 0 Å². The molecule has 0 aliphatic carbocycles. The minimum Gasteiger partial charge on any atom is -0.376 e. The van der Waals surface area contributed by atoms with Crippen LogP contribution in [0.15, 0.2) is 54.7 Å². The molecule has 4 heterocycles. The number of H-pyrrole nitrogens is 1. The molecule has 6 rings (SSSR count). The van der Waals surface area contributed by atoms with Crippen LogP contribution in [0, 0.1) is 22.9 Å². The highest BCUT2D eigenvalue weighted by Crippen LogP contribution is 2.36. The number of amides is 1. The lowest BCUT2D eigenvalue weighted by molar-refractivity contribution is -0.231. The van der Waals surface area contributed by atoms with Gasteiger partial charge in [0.15, 0.2) is 17.5 Å². The van der Waals surface area contributed by atoms with Gasteiger partial charge in [0.2, 0.25) is 18.1 Å². The number of benzene rings is 2. The molecule has 2 fully saturated rings. The first-order valence-corrected chi connectivity index (χ1v) is 13.8. The van der Waals surface area contributed by atoms with Gasteiger partial charge >= 0.3 is 0 Å². The monoisotopic (exact) mass is 594 g/mol. The molecule has 13 heteroatoms. The summed E-state index contributed by atoms with van der Waals surface area (Å²) in [4.78, 5) is 29.6. The molecule has 0 radical (unpaired) electrons. The van der Waals surface area contributed by atoms with E-state index in [1.165, 1.54) is 24.4 Å². The van der Waals surface area contributed by atoms with E-state index in [4.69, 9.17) is 19.2 Å². The number of anilines is 2. The molecule has 1 unspecified atom stereocenters. The zero-order chi connectivity index (χ0) is 30.0. The SMILES string of the molecule is CC1(C(=O)NCC2CCCO2)COC(c2nc(-c3ccc(F)cc3)c(-c3ccnc(Nc4ccc(F)c(F)c4)n3)[nH]2)OC1. The smallest absolute Gasteiger partial charge is 0.230 e. The van der Waals surface area contributed by atoms with Gasteiger partial charge in [0.1, 0.15) is 5.82 Å². The molecule has 2 aliphatic rings. The Bertz CT molecular complexity index is 1600. The topological polar surface area (TPSA) is 123 Å². The van der Waals surface area contributed by atoms with E-state index < -0.39 is 29.2 Å². The van der Waals surface area contributed by atoms with Crippen molar-refractivity contribution in [3.63, 3.8) is 0 Å². The first-order chi connectivity index (χ1) is 20.8. The van der Waals surface area contributed by atoms with Gasteiger partial charge in [0, 0.05) is 36.7 Å². The largest absolute Gasteiger partial charge is 0.376 e. The maximum atomic E-state index is 13.7. The van der Waals surface area contributed by atoms with Gasteiger partial charge in [-0.15, -0.1) is 0 Å². The highest BCUT2D eigenvalue weighted by molar-refractivity contribution is 5.82. The molecule has 0 spiro atoms. The first kappa shape index (κ1) is 28.8. The summed E-state index contributed by atoms with van der Waals surface area (Å²) in [5.41, 5.74) is 1.27. The predicted molar refractivity (Wildman–Crippen MR) is 149 cm³/mol. The number of carbonyl (C=O) groups excluding carboxylic acids is 1. The van der Waals surface area contributed by atoms with E-state index in [9.17, 15) is 18.0 Å². The second kappa shape index (κ2) is 12.1. The summed E-state index contributed by atoms with van der Waals surface area (Å²) >= 11 is 0. The number of aromatic nitrogens is 4. The minimum atomic E-state index is -1.01. The predicted octanol–water partition coefficient (Wildman–Crippen LogP) is 5.04. The number of carbonyl (C=O) groups is 1. The molecule has 2 aromatic carbocycles. The fourth-order valence-corrected chi connectivity index (χ4v) is 4.89. The van der Waals surface area contributed by atoms with Crippen LogP contribution in [0.1, 0.15) is 31.9 Å². The molecule has 224 valence electrons. The van der Waals surface area contributed by atoms with Crippen molar-refractivity contribution in [3.8, 4) is 22.6 Å². The Kier molecular flexibility index (Phi) is 8.10. The van der Waals surface area contributed by atoms with Crippen LogP contribution in [0.4, 0.5) is 24.8 Å². The van der Waals surface area contributed by atoms with Gasteiger partial charge in [-0.3, -0.25) is 4.79 Å². The van der Waals surface area contributed by atoms with Crippen LogP contribution in [-0.2, 0) is 19.0 Å². The number of rotatable bonds is 8. The van der Waals surface area contributed by atoms with Gasteiger partial charge in [-0.25, -0.2) is 28.1 Å². The second-order valence-electron chi connectivity index (χ2n) is 10.7. The van der Waals surface area contributed by atoms with Gasteiger partial charge in [-0.1, -0.05) is 0 Å². The van der Waals surface area contributed by atoms with E-state index in [0.717, 1.165) is 25.0 Å². The summed E-state index contributed by atoms with van der Waals surface area (Å²) in [6, 6.07) is 10.8. The van der Waals surface area contributed by atoms with Crippen LogP contribution in [-0.4, -0.2) is 58.3 Å². The molecule has 10 nitrogen and oxygen atoms in total. The van der Waals surface area contributed by atoms with Gasteiger partial charge < -0.3 is 29.8 Å². The molecule has 0 saturated carbocycles. The molecule has 1 amide bonds. The Labute approximate surface area is 245 Å². The molecular formula is C30H29F3N6O4. The molecule has 2 saturated heterocycles. The Hall–Kier alpha value is -4.33. The molecule has 2 aliphatic heterocycles. The van der Waals surface area contributed by atoms with Crippen molar-refractivity contribution in [1.82, 2.24) is 25.3 Å². The van der Waals surface area contributed by atoms with E-state index in [1.807, 2.05) is 0 Å². The van der Waals surface area contributed by atoms with Crippen LogP contribution >= 0.6 is 0 Å². The van der Waals surface area contributed by atoms with Crippen molar-refractivity contribution in [2.45, 2.75) is 32.2 Å². The van der Waals surface area contributed by atoms with E-state index >= 15 is 0 Å². The van der Waals surface area contributed by atoms with Crippen molar-refractivity contribution in [1.29, 1.82) is 0 Å². The summed E-state index contributed by atoms with van der Waals surface area (Å²) in [7, 11) is 0. The number of nitrogens with zero attached hydrogens (tertiary/aromatic N) is 3. The quantitative estimate of drug-likeness (QED) is 0.259. The summed E-state index contributed by atoms with van der Waals surface area (Å²) in [6.45, 7) is 3.09. The lowest BCUT2D eigenvalue weighted by Gasteiger charge is -2.35. The van der Waals surface area contributed by atoms with Crippen molar-refractivity contribution in [2.75, 3.05) is 31.7 Å². The van der Waals surface area contributed by atoms with Crippen LogP contribution in [0.25, 0.3) is 22.6 Å². The number of aromatic amines is 1. The average Bonchev–Trinajstić information content (AvgIpc) is 3.70. The standard InChI is InChI=1S/C30H29F3N6O4/c1-30(28(40)35-14-20-3-2-12-41-20)15-42-27(43-16-30)26-38-24(17-4-6-18(31)7-5-17)25(39-26)23-10-11-34-29(37-23)36-19-8-9-21(32)22(33)13-19/h4-11,13,20,27H,2-3,12,14-16H2,1H3,(H,35,40)(H,38,39)(H,34,36,37). The Morgan fingerprint density at radius 3 is 2.53 bits per heavy atom. The van der Waals surface area contributed by atoms with Crippen molar-refractivity contribution in [3.05, 3.63) is 78.0 Å². The number of ether oxygens (including phenoxy) is 3. The fraction of sp³-hybridized carbons (Fsp3) is 0.333. The van der Waals surface area contributed by atoms with Gasteiger partial charge in [-0.2, -0.15) is 0 Å². The average molecular weight is 595 g/mol. The van der Waals surface area contributed by atoms with Gasteiger partial charge in [0.05, 0.1) is 41.8 Å². The Balaban J connectivity index is 1.23. The zero-order valence-electron chi connectivity index (χ0n) is 23.2. The number of halogens is 3. The lowest BCUT2D eigenvalue weighted by atomic mass is 9.91. The summed E-state index contributed by atoms with van der Waals surface area (Å²) < 4.78 is 58.4. The number of hydrogen-bond acceptors (Lipinski definition) is 8. The van der Waals surface area contributed by atoms with Crippen molar-refractivity contribution < 1.29 is 32.2 Å². The minimum absolute atomic E-state index is 0.0199. The molecule has 2 aromatic heterocycles. The summed E-state index contributed by atoms with van der Waals surface area (Å²) in [5.74, 6) is -2.12. The summed E-state index contributed by atoms with van der Waals surface area (Å²) in [5, 5.41) is 5.80.